The van der Waals surface area contributed by atoms with E-state index in [1.165, 1.54) is 17.8 Å². The van der Waals surface area contributed by atoms with Crippen LogP contribution in [0.4, 0.5) is 5.69 Å². The Morgan fingerprint density at radius 2 is 1.84 bits per heavy atom. The summed E-state index contributed by atoms with van der Waals surface area (Å²) >= 11 is 0. The number of ether oxygens (including phenoxy) is 2. The van der Waals surface area contributed by atoms with Gasteiger partial charge in [0.05, 0.1) is 35.9 Å². The summed E-state index contributed by atoms with van der Waals surface area (Å²) in [7, 11) is 1.58. The first kappa shape index (κ1) is 30.0. The number of fused-ring (bicyclic) bond motifs is 1. The Morgan fingerprint density at radius 3 is 2.50 bits per heavy atom. The third kappa shape index (κ3) is 5.75. The van der Waals surface area contributed by atoms with E-state index >= 15 is 0 Å². The molecule has 2 aromatic carbocycles. The van der Waals surface area contributed by atoms with Crippen molar-refractivity contribution in [3.63, 3.8) is 0 Å². The van der Waals surface area contributed by atoms with Crippen LogP contribution in [0.1, 0.15) is 29.9 Å². The molecule has 44 heavy (non-hydrogen) atoms. The van der Waals surface area contributed by atoms with Crippen LogP contribution in [0.5, 0.6) is 17.4 Å². The van der Waals surface area contributed by atoms with Crippen LogP contribution in [-0.2, 0) is 11.3 Å². The lowest BCUT2D eigenvalue weighted by Gasteiger charge is -2.28. The van der Waals surface area contributed by atoms with Crippen molar-refractivity contribution in [2.45, 2.75) is 32.9 Å². The fourth-order valence-corrected chi connectivity index (χ4v) is 4.75. The highest BCUT2D eigenvalue weighted by Crippen LogP contribution is 2.30. The molecule has 12 nitrogen and oxygen atoms in total. The molecule has 226 valence electrons. The van der Waals surface area contributed by atoms with Gasteiger partial charge >= 0.3 is 5.97 Å². The van der Waals surface area contributed by atoms with Gasteiger partial charge in [-0.25, -0.2) is 9.67 Å². The van der Waals surface area contributed by atoms with E-state index < -0.39 is 28.9 Å². The van der Waals surface area contributed by atoms with Crippen molar-refractivity contribution in [3.05, 3.63) is 101 Å². The van der Waals surface area contributed by atoms with Crippen molar-refractivity contribution in [3.8, 4) is 23.1 Å². The maximum absolute atomic E-state index is 13.7. The van der Waals surface area contributed by atoms with Crippen LogP contribution in [0.25, 0.3) is 16.6 Å². The topological polar surface area (TPSA) is 164 Å². The van der Waals surface area contributed by atoms with Crippen LogP contribution >= 0.6 is 0 Å². The summed E-state index contributed by atoms with van der Waals surface area (Å²) in [4.78, 5) is 47.7. The summed E-state index contributed by atoms with van der Waals surface area (Å²) in [5.41, 5.74) is 5.80. The summed E-state index contributed by atoms with van der Waals surface area (Å²) in [5.74, 6) is -0.884. The number of nitrogens with one attached hydrogen (secondary N) is 1. The van der Waals surface area contributed by atoms with Crippen LogP contribution in [0, 0.1) is 12.8 Å². The third-order valence-corrected chi connectivity index (χ3v) is 7.67. The van der Waals surface area contributed by atoms with Gasteiger partial charge in [-0.1, -0.05) is 25.1 Å². The molecule has 3 heterocycles. The number of aliphatic carboxylic acids is 1. The van der Waals surface area contributed by atoms with Crippen molar-refractivity contribution < 1.29 is 24.2 Å². The molecule has 4 N–H and O–H groups in total. The fraction of sp³-hybridized carbons (Fsp3) is 0.219. The van der Waals surface area contributed by atoms with E-state index in [4.69, 9.17) is 15.2 Å². The number of anilines is 1. The van der Waals surface area contributed by atoms with Gasteiger partial charge in [-0.15, -0.1) is 0 Å². The van der Waals surface area contributed by atoms with Crippen molar-refractivity contribution >= 4 is 28.5 Å². The number of aromatic nitrogens is 4. The molecule has 0 radical (unpaired) electrons. The Kier molecular flexibility index (Phi) is 8.19. The summed E-state index contributed by atoms with van der Waals surface area (Å²) in [6.07, 6.45) is 3.05. The van der Waals surface area contributed by atoms with Gasteiger partial charge in [-0.3, -0.25) is 24.0 Å². The lowest BCUT2D eigenvalue weighted by Crippen LogP contribution is -2.52. The predicted molar refractivity (Wildman–Crippen MR) is 165 cm³/mol. The summed E-state index contributed by atoms with van der Waals surface area (Å²) in [5, 5.41) is 13.2. The number of hydrogen-bond acceptors (Lipinski definition) is 8. The third-order valence-electron chi connectivity index (χ3n) is 7.67. The first-order valence-corrected chi connectivity index (χ1v) is 13.8. The quantitative estimate of drug-likeness (QED) is 0.212. The Hall–Kier alpha value is -5.49. The number of carbonyl (C=O) groups is 2. The van der Waals surface area contributed by atoms with Gasteiger partial charge in [0, 0.05) is 36.2 Å². The summed E-state index contributed by atoms with van der Waals surface area (Å²) in [6, 6.07) is 19.2. The van der Waals surface area contributed by atoms with Gasteiger partial charge in [-0.05, 0) is 50.2 Å². The first-order chi connectivity index (χ1) is 21.0. The number of methoxy groups -OCH3 is 1. The molecule has 0 saturated heterocycles. The van der Waals surface area contributed by atoms with E-state index in [1.807, 2.05) is 12.1 Å². The summed E-state index contributed by atoms with van der Waals surface area (Å²) in [6.45, 7) is 4.83. The molecule has 0 unspecified atom stereocenters. The molecule has 5 rings (SSSR count). The molecule has 3 aromatic heterocycles. The number of carboxylic acid groups (broad SMARTS) is 1. The van der Waals surface area contributed by atoms with E-state index in [0.717, 1.165) is 5.39 Å². The molecule has 0 aliphatic rings. The minimum atomic E-state index is -1.57. The largest absolute Gasteiger partial charge is 0.497 e. The smallest absolute Gasteiger partial charge is 0.323 e. The molecular formula is C32H32N6O6. The van der Waals surface area contributed by atoms with Crippen molar-refractivity contribution in [2.75, 3.05) is 12.4 Å². The summed E-state index contributed by atoms with van der Waals surface area (Å²) < 4.78 is 14.2. The maximum Gasteiger partial charge on any atom is 0.323 e. The van der Waals surface area contributed by atoms with Gasteiger partial charge in [0.25, 0.3) is 11.5 Å². The fourth-order valence-electron chi connectivity index (χ4n) is 4.75. The number of nitrogens with zero attached hydrogens (tertiary/aromatic N) is 4. The second kappa shape index (κ2) is 12.0. The van der Waals surface area contributed by atoms with Crippen LogP contribution in [0.3, 0.4) is 0 Å². The van der Waals surface area contributed by atoms with E-state index in [1.54, 1.807) is 86.4 Å². The van der Waals surface area contributed by atoms with Gasteiger partial charge < -0.3 is 25.6 Å². The number of para-hydroxylation sites is 1. The van der Waals surface area contributed by atoms with Crippen molar-refractivity contribution in [1.29, 1.82) is 0 Å². The lowest BCUT2D eigenvalue weighted by molar-refractivity contribution is -0.144. The van der Waals surface area contributed by atoms with Gasteiger partial charge in [-0.2, -0.15) is 0 Å². The standard InChI is InChI=1S/C32H32N6O6/c1-19(32(3,33)31(41)42)18-37-20(2)28(30(40)38(37)22-8-6-5-7-9-22)29(39)36-21-10-13-27(35-17-21)44-26-14-15-34-25-16-23(43-4)11-12-24(25)26/h5-17,19H,18,33H2,1-4H3,(H,36,39)(H,41,42)/t19-,32+/m1/s1. The van der Waals surface area contributed by atoms with E-state index in [0.29, 0.717) is 34.1 Å². The minimum absolute atomic E-state index is 0.0760. The molecule has 0 aliphatic heterocycles. The number of amides is 1. The number of benzene rings is 2. The van der Waals surface area contributed by atoms with Gasteiger partial charge in [0.15, 0.2) is 0 Å². The maximum atomic E-state index is 13.7. The van der Waals surface area contributed by atoms with Crippen molar-refractivity contribution in [1.82, 2.24) is 19.3 Å². The minimum Gasteiger partial charge on any atom is -0.497 e. The average Bonchev–Trinajstić information content (AvgIpc) is 3.26. The highest BCUT2D eigenvalue weighted by atomic mass is 16.5. The number of rotatable bonds is 10. The first-order valence-electron chi connectivity index (χ1n) is 13.8. The Labute approximate surface area is 252 Å². The number of hydrogen-bond donors (Lipinski definition) is 3. The molecule has 12 heteroatoms. The molecule has 2 atom stereocenters. The van der Waals surface area contributed by atoms with Crippen LogP contribution in [-0.4, -0.2) is 49.0 Å². The Balaban J connectivity index is 1.41. The normalized spacial score (nSPS) is 13.2. The highest BCUT2D eigenvalue weighted by Gasteiger charge is 2.36. The Bertz CT molecular complexity index is 1900. The molecule has 0 aliphatic carbocycles. The van der Waals surface area contributed by atoms with Crippen LogP contribution in [0.2, 0.25) is 0 Å². The highest BCUT2D eigenvalue weighted by molar-refractivity contribution is 6.04. The van der Waals surface area contributed by atoms with Crippen molar-refractivity contribution in [2.24, 2.45) is 11.7 Å². The second-order valence-corrected chi connectivity index (χ2v) is 10.6. The SMILES string of the molecule is COc1ccc2c(Oc3ccc(NC(=O)c4c(C)n(C[C@@H](C)[C@](C)(N)C(=O)O)n(-c5ccccc5)c4=O)cn3)ccnc2c1. The van der Waals surface area contributed by atoms with Crippen LogP contribution in [0.15, 0.2) is 83.9 Å². The number of pyridine rings is 2. The number of carbonyl (C=O) groups excluding carboxylic acids is 1. The number of carboxylic acids is 1. The monoisotopic (exact) mass is 596 g/mol. The zero-order valence-electron chi connectivity index (χ0n) is 24.6. The molecular weight excluding hydrogens is 564 g/mol. The second-order valence-electron chi connectivity index (χ2n) is 10.6. The molecule has 0 fully saturated rings. The van der Waals surface area contributed by atoms with Gasteiger partial charge in [0.1, 0.15) is 22.6 Å². The average molecular weight is 597 g/mol. The lowest BCUT2D eigenvalue weighted by atomic mass is 9.88. The zero-order chi connectivity index (χ0) is 31.6. The van der Waals surface area contributed by atoms with Gasteiger partial charge in [0.2, 0.25) is 5.88 Å². The van der Waals surface area contributed by atoms with E-state index in [-0.39, 0.29) is 18.0 Å². The molecule has 0 spiro atoms. The Morgan fingerprint density at radius 1 is 1.09 bits per heavy atom. The van der Waals surface area contributed by atoms with E-state index in [2.05, 4.69) is 15.3 Å². The predicted octanol–water partition coefficient (Wildman–Crippen LogP) is 4.38. The molecule has 1 amide bonds. The van der Waals surface area contributed by atoms with Crippen LogP contribution < -0.4 is 26.1 Å². The molecule has 5 aromatic rings. The zero-order valence-corrected chi connectivity index (χ0v) is 24.6. The molecule has 0 saturated carbocycles. The number of nitrogens with two attached hydrogens (primary N) is 1. The van der Waals surface area contributed by atoms with E-state index in [9.17, 15) is 19.5 Å². The molecule has 0 bridgehead atoms.